The van der Waals surface area contributed by atoms with Crippen molar-refractivity contribution in [3.63, 3.8) is 0 Å². The van der Waals surface area contributed by atoms with E-state index in [1.54, 1.807) is 0 Å². The molecule has 0 unspecified atom stereocenters. The van der Waals surface area contributed by atoms with Gasteiger partial charge in [-0.2, -0.15) is 0 Å². The predicted octanol–water partition coefficient (Wildman–Crippen LogP) is 7.79. The molecule has 5 saturated carbocycles. The highest BCUT2D eigenvalue weighted by atomic mass is 16.5. The van der Waals surface area contributed by atoms with Crippen molar-refractivity contribution in [1.82, 2.24) is 0 Å². The summed E-state index contributed by atoms with van der Waals surface area (Å²) in [6, 6.07) is 0. The van der Waals surface area contributed by atoms with Gasteiger partial charge in [0.25, 0.3) is 0 Å². The fourth-order valence-corrected chi connectivity index (χ4v) is 11.1. The molecular weight excluding hydrogens is 404 g/mol. The van der Waals surface area contributed by atoms with Crippen LogP contribution in [0, 0.1) is 50.7 Å². The highest BCUT2D eigenvalue weighted by Crippen LogP contribution is 2.89. The molecule has 0 heterocycles. The summed E-state index contributed by atoms with van der Waals surface area (Å²) in [5, 5.41) is 10.9. The van der Waals surface area contributed by atoms with Crippen molar-refractivity contribution in [3.05, 3.63) is 12.2 Å². The van der Waals surface area contributed by atoms with E-state index in [9.17, 15) is 5.11 Å². The van der Waals surface area contributed by atoms with Crippen molar-refractivity contribution in [2.45, 2.75) is 124 Å². The van der Waals surface area contributed by atoms with Gasteiger partial charge >= 0.3 is 0 Å². The van der Waals surface area contributed by atoms with Crippen molar-refractivity contribution >= 4 is 0 Å². The largest absolute Gasteiger partial charge is 0.393 e. The van der Waals surface area contributed by atoms with E-state index in [1.165, 1.54) is 57.8 Å². The van der Waals surface area contributed by atoms with Crippen LogP contribution in [0.4, 0.5) is 0 Å². The van der Waals surface area contributed by atoms with Crippen molar-refractivity contribution in [2.75, 3.05) is 7.11 Å². The van der Waals surface area contributed by atoms with Gasteiger partial charge < -0.3 is 9.84 Å². The molecular formula is C31H52O2. The molecule has 1 N–H and O–H groups in total. The SMILES string of the molecule is COC(C)(C)/C=C/C[C@@H](C)[C@H]1CC[C@@]2(C)[C@@H]3CC[C@H]4C(C)(C)[C@@H](O)CC[C@]45C[C@]35CC[C@]12C. The Morgan fingerprint density at radius 2 is 1.58 bits per heavy atom. The second-order valence-electron chi connectivity index (χ2n) is 15.0. The number of fused-ring (bicyclic) bond motifs is 2. The maximum absolute atomic E-state index is 10.9. The Labute approximate surface area is 204 Å². The molecule has 0 aromatic rings. The standard InChI is InChI=1S/C31H52O2/c1-21(10-9-15-26(2,3)33-8)22-13-16-29(7)24-12-11-23-27(4,5)25(32)14-17-30(23)20-31(24,30)19-18-28(22,29)6/h9,15,21-25,32H,10-14,16-20H2,1-8H3/b15-9+/t21-,22-,23+,24+,25+,28-,29+,30+,31-/m1/s1. The van der Waals surface area contributed by atoms with Gasteiger partial charge in [0.1, 0.15) is 0 Å². The van der Waals surface area contributed by atoms with Gasteiger partial charge in [-0.05, 0) is 129 Å². The zero-order valence-corrected chi connectivity index (χ0v) is 23.0. The van der Waals surface area contributed by atoms with Crippen LogP contribution in [0.25, 0.3) is 0 Å². The van der Waals surface area contributed by atoms with E-state index in [0.29, 0.717) is 21.7 Å². The Hall–Kier alpha value is -0.340. The molecule has 5 aliphatic rings. The monoisotopic (exact) mass is 456 g/mol. The molecule has 0 aromatic heterocycles. The lowest BCUT2D eigenvalue weighted by molar-refractivity contribution is -0.161. The summed E-state index contributed by atoms with van der Waals surface area (Å²) in [5.41, 5.74) is 2.07. The number of aliphatic hydroxyl groups is 1. The molecule has 2 spiro atoms. The van der Waals surface area contributed by atoms with Crippen LogP contribution in [0.15, 0.2) is 12.2 Å². The van der Waals surface area contributed by atoms with Gasteiger partial charge in [-0.15, -0.1) is 0 Å². The Morgan fingerprint density at radius 3 is 2.27 bits per heavy atom. The molecule has 0 bridgehead atoms. The summed E-state index contributed by atoms with van der Waals surface area (Å²) >= 11 is 0. The van der Waals surface area contributed by atoms with Crippen molar-refractivity contribution < 1.29 is 9.84 Å². The van der Waals surface area contributed by atoms with Crippen LogP contribution in [0.2, 0.25) is 0 Å². The first-order valence-electron chi connectivity index (χ1n) is 14.2. The molecule has 9 atom stereocenters. The van der Waals surface area contributed by atoms with Crippen LogP contribution in [0.3, 0.4) is 0 Å². The first-order valence-corrected chi connectivity index (χ1v) is 14.2. The molecule has 2 nitrogen and oxygen atoms in total. The van der Waals surface area contributed by atoms with E-state index in [2.05, 4.69) is 60.6 Å². The molecule has 0 saturated heterocycles. The van der Waals surface area contributed by atoms with Crippen LogP contribution >= 0.6 is 0 Å². The summed E-state index contributed by atoms with van der Waals surface area (Å²) < 4.78 is 5.60. The van der Waals surface area contributed by atoms with Gasteiger partial charge in [-0.25, -0.2) is 0 Å². The Balaban J connectivity index is 1.38. The number of hydrogen-bond acceptors (Lipinski definition) is 2. The number of allylic oxidation sites excluding steroid dienone is 1. The first-order chi connectivity index (χ1) is 15.3. The average Bonchev–Trinajstić information content (AvgIpc) is 3.33. The quantitative estimate of drug-likeness (QED) is 0.428. The van der Waals surface area contributed by atoms with Crippen molar-refractivity contribution in [2.24, 2.45) is 50.7 Å². The molecule has 33 heavy (non-hydrogen) atoms. The molecule has 0 aromatic carbocycles. The van der Waals surface area contributed by atoms with Crippen LogP contribution < -0.4 is 0 Å². The van der Waals surface area contributed by atoms with Gasteiger partial charge in [-0.3, -0.25) is 0 Å². The van der Waals surface area contributed by atoms with E-state index >= 15 is 0 Å². The van der Waals surface area contributed by atoms with E-state index in [0.717, 1.165) is 30.1 Å². The average molecular weight is 457 g/mol. The van der Waals surface area contributed by atoms with E-state index in [-0.39, 0.29) is 17.1 Å². The minimum absolute atomic E-state index is 0.0976. The fraction of sp³-hybridized carbons (Fsp3) is 0.935. The van der Waals surface area contributed by atoms with Gasteiger partial charge in [0.05, 0.1) is 11.7 Å². The lowest BCUT2D eigenvalue weighted by atomic mass is 9.42. The normalized spacial score (nSPS) is 51.4. The lowest BCUT2D eigenvalue weighted by Gasteiger charge is -2.63. The minimum Gasteiger partial charge on any atom is -0.393 e. The van der Waals surface area contributed by atoms with Crippen LogP contribution in [-0.2, 0) is 4.74 Å². The molecule has 0 amide bonds. The third-order valence-electron chi connectivity index (χ3n) is 13.4. The zero-order valence-electron chi connectivity index (χ0n) is 23.0. The number of methoxy groups -OCH3 is 1. The number of ether oxygens (including phenoxy) is 1. The van der Waals surface area contributed by atoms with Crippen molar-refractivity contribution in [1.29, 1.82) is 0 Å². The van der Waals surface area contributed by atoms with Crippen molar-refractivity contribution in [3.8, 4) is 0 Å². The maximum Gasteiger partial charge on any atom is 0.0802 e. The smallest absolute Gasteiger partial charge is 0.0802 e. The molecule has 0 aliphatic heterocycles. The third-order valence-corrected chi connectivity index (χ3v) is 13.4. The van der Waals surface area contributed by atoms with E-state index < -0.39 is 0 Å². The molecule has 2 heteroatoms. The number of hydrogen-bond donors (Lipinski definition) is 1. The van der Waals surface area contributed by atoms with Gasteiger partial charge in [0.15, 0.2) is 0 Å². The lowest BCUT2D eigenvalue weighted by Crippen LogP contribution is -2.57. The molecule has 5 rings (SSSR count). The Bertz CT molecular complexity index is 812. The zero-order chi connectivity index (χ0) is 24.1. The fourth-order valence-electron chi connectivity index (χ4n) is 11.1. The Morgan fingerprint density at radius 1 is 0.909 bits per heavy atom. The van der Waals surface area contributed by atoms with Crippen LogP contribution in [0.1, 0.15) is 113 Å². The molecule has 5 fully saturated rings. The van der Waals surface area contributed by atoms with Crippen LogP contribution in [0.5, 0.6) is 0 Å². The highest BCUT2D eigenvalue weighted by Gasteiger charge is 2.82. The summed E-state index contributed by atoms with van der Waals surface area (Å²) in [6.07, 6.45) is 18.1. The molecule has 5 aliphatic carbocycles. The molecule has 188 valence electrons. The van der Waals surface area contributed by atoms with Crippen LogP contribution in [-0.4, -0.2) is 23.9 Å². The summed E-state index contributed by atoms with van der Waals surface area (Å²) in [4.78, 5) is 0. The van der Waals surface area contributed by atoms with Gasteiger partial charge in [0.2, 0.25) is 0 Å². The second kappa shape index (κ2) is 7.34. The van der Waals surface area contributed by atoms with E-state index in [1.807, 2.05) is 7.11 Å². The minimum atomic E-state index is -0.161. The first kappa shape index (κ1) is 24.4. The van der Waals surface area contributed by atoms with Gasteiger partial charge in [-0.1, -0.05) is 46.8 Å². The molecule has 0 radical (unpaired) electrons. The highest BCUT2D eigenvalue weighted by molar-refractivity contribution is 5.30. The summed E-state index contributed by atoms with van der Waals surface area (Å²) in [5.74, 6) is 3.23. The maximum atomic E-state index is 10.9. The van der Waals surface area contributed by atoms with E-state index in [4.69, 9.17) is 4.74 Å². The second-order valence-corrected chi connectivity index (χ2v) is 15.0. The number of rotatable bonds is 5. The topological polar surface area (TPSA) is 29.5 Å². The summed E-state index contributed by atoms with van der Waals surface area (Å²) in [6.45, 7) is 17.0. The van der Waals surface area contributed by atoms with Gasteiger partial charge in [0, 0.05) is 7.11 Å². The predicted molar refractivity (Wildman–Crippen MR) is 137 cm³/mol. The number of aliphatic hydroxyl groups excluding tert-OH is 1. The summed E-state index contributed by atoms with van der Waals surface area (Å²) in [7, 11) is 1.81. The third kappa shape index (κ3) is 3.04. The Kier molecular flexibility index (Phi) is 5.42.